The number of hydrogen-bond donors (Lipinski definition) is 1. The summed E-state index contributed by atoms with van der Waals surface area (Å²) in [4.78, 5) is 7.01. The van der Waals surface area contributed by atoms with Gasteiger partial charge in [0, 0.05) is 36.3 Å². The van der Waals surface area contributed by atoms with Crippen LogP contribution >= 0.6 is 11.6 Å². The van der Waals surface area contributed by atoms with Gasteiger partial charge in [0.2, 0.25) is 0 Å². The van der Waals surface area contributed by atoms with Gasteiger partial charge < -0.3 is 14.6 Å². The van der Waals surface area contributed by atoms with Gasteiger partial charge >= 0.3 is 0 Å². The lowest BCUT2D eigenvalue weighted by Gasteiger charge is -2.32. The lowest BCUT2D eigenvalue weighted by molar-refractivity contribution is 0.436. The number of nitrogens with zero attached hydrogens (tertiary/aromatic N) is 2. The van der Waals surface area contributed by atoms with Crippen LogP contribution in [0, 0.1) is 0 Å². The molecule has 2 fully saturated rings. The maximum Gasteiger partial charge on any atom is 0.298 e. The number of nitrogens with one attached hydrogen (secondary N) is 1. The van der Waals surface area contributed by atoms with Gasteiger partial charge in [-0.2, -0.15) is 4.98 Å². The molecule has 0 unspecified atom stereocenters. The maximum absolute atomic E-state index is 6.36. The summed E-state index contributed by atoms with van der Waals surface area (Å²) in [7, 11) is 0. The molecule has 5 heteroatoms. The fraction of sp³-hybridized carbons (Fsp3) is 0.611. The molecule has 4 rings (SSSR count). The number of aromatic nitrogens is 1. The van der Waals surface area contributed by atoms with Crippen LogP contribution in [0.4, 0.5) is 6.01 Å². The van der Waals surface area contributed by atoms with Crippen LogP contribution in [0.3, 0.4) is 0 Å². The maximum atomic E-state index is 6.36. The summed E-state index contributed by atoms with van der Waals surface area (Å²) in [5.74, 6) is 0.561. The molecule has 1 aliphatic carbocycles. The zero-order chi connectivity index (χ0) is 15.8. The molecule has 2 aliphatic rings. The molecule has 1 N–H and O–H groups in total. The van der Waals surface area contributed by atoms with Gasteiger partial charge in [-0.05, 0) is 37.8 Å². The zero-order valence-corrected chi connectivity index (χ0v) is 14.4. The first-order chi connectivity index (χ1) is 11.2. The van der Waals surface area contributed by atoms with Gasteiger partial charge in [-0.3, -0.25) is 0 Å². The largest absolute Gasteiger partial charge is 0.423 e. The highest BCUT2D eigenvalue weighted by Gasteiger charge is 2.26. The molecule has 2 heterocycles. The number of fused-ring (bicyclic) bond motifs is 1. The molecule has 1 aromatic heterocycles. The van der Waals surface area contributed by atoms with Crippen molar-refractivity contribution in [1.82, 2.24) is 10.3 Å². The smallest absolute Gasteiger partial charge is 0.298 e. The Balaban J connectivity index is 1.75. The van der Waals surface area contributed by atoms with Crippen LogP contribution in [0.25, 0.3) is 11.1 Å². The Morgan fingerprint density at radius 2 is 2.09 bits per heavy atom. The third-order valence-corrected chi connectivity index (χ3v) is 5.48. The minimum absolute atomic E-state index is 0.394. The highest BCUT2D eigenvalue weighted by Crippen LogP contribution is 2.39. The van der Waals surface area contributed by atoms with Crippen molar-refractivity contribution < 1.29 is 4.42 Å². The molecule has 4 nitrogen and oxygen atoms in total. The van der Waals surface area contributed by atoms with Gasteiger partial charge in [0.05, 0.1) is 0 Å². The highest BCUT2D eigenvalue weighted by atomic mass is 35.5. The molecule has 2 aromatic rings. The van der Waals surface area contributed by atoms with Crippen LogP contribution in [0.15, 0.2) is 16.5 Å². The Morgan fingerprint density at radius 3 is 2.87 bits per heavy atom. The van der Waals surface area contributed by atoms with E-state index in [9.17, 15) is 0 Å². The van der Waals surface area contributed by atoms with Crippen molar-refractivity contribution in [3.63, 3.8) is 0 Å². The first-order valence-electron chi connectivity index (χ1n) is 8.80. The fourth-order valence-electron chi connectivity index (χ4n) is 3.98. The number of oxazole rings is 1. The van der Waals surface area contributed by atoms with E-state index in [-0.39, 0.29) is 0 Å². The number of anilines is 1. The SMILES string of the molecule is C[C@H]1CNCCN1c1nc2cc(Cl)cc(C3CCCCC3)c2o1. The van der Waals surface area contributed by atoms with Crippen LogP contribution in [-0.4, -0.2) is 30.7 Å². The first kappa shape index (κ1) is 15.3. The number of piperazine rings is 1. The molecule has 0 spiro atoms. The highest BCUT2D eigenvalue weighted by molar-refractivity contribution is 6.31. The Morgan fingerprint density at radius 1 is 1.26 bits per heavy atom. The number of rotatable bonds is 2. The van der Waals surface area contributed by atoms with E-state index >= 15 is 0 Å². The topological polar surface area (TPSA) is 41.3 Å². The van der Waals surface area contributed by atoms with Gasteiger partial charge in [0.15, 0.2) is 5.58 Å². The van der Waals surface area contributed by atoms with Crippen LogP contribution in [-0.2, 0) is 0 Å². The first-order valence-corrected chi connectivity index (χ1v) is 9.17. The number of halogens is 1. The molecule has 0 amide bonds. The second-order valence-corrected chi connectivity index (χ2v) is 7.36. The summed E-state index contributed by atoms with van der Waals surface area (Å²) in [5.41, 5.74) is 3.11. The summed E-state index contributed by atoms with van der Waals surface area (Å²) in [6.45, 7) is 5.07. The Kier molecular flexibility index (Phi) is 4.20. The van der Waals surface area contributed by atoms with Crippen LogP contribution in [0.1, 0.15) is 50.5 Å². The second kappa shape index (κ2) is 6.33. The predicted octanol–water partition coefficient (Wildman–Crippen LogP) is 4.33. The minimum Gasteiger partial charge on any atom is -0.423 e. The fourth-order valence-corrected chi connectivity index (χ4v) is 4.20. The van der Waals surface area contributed by atoms with Gasteiger partial charge in [-0.25, -0.2) is 0 Å². The molecule has 1 aliphatic heterocycles. The van der Waals surface area contributed by atoms with Crippen molar-refractivity contribution in [2.75, 3.05) is 24.5 Å². The summed E-state index contributed by atoms with van der Waals surface area (Å²) in [6.07, 6.45) is 6.41. The Bertz CT molecular complexity index is 693. The van der Waals surface area contributed by atoms with Gasteiger partial charge in [0.25, 0.3) is 6.01 Å². The van der Waals surface area contributed by atoms with Crippen molar-refractivity contribution in [3.8, 4) is 0 Å². The molecular formula is C18H24ClN3O. The molecule has 0 radical (unpaired) electrons. The van der Waals surface area contributed by atoms with E-state index in [1.165, 1.54) is 37.7 Å². The van der Waals surface area contributed by atoms with Gasteiger partial charge in [-0.1, -0.05) is 30.9 Å². The van der Waals surface area contributed by atoms with E-state index < -0.39 is 0 Å². The quantitative estimate of drug-likeness (QED) is 0.888. The van der Waals surface area contributed by atoms with Crippen molar-refractivity contribution in [3.05, 3.63) is 22.7 Å². The predicted molar refractivity (Wildman–Crippen MR) is 94.5 cm³/mol. The van der Waals surface area contributed by atoms with Crippen LogP contribution < -0.4 is 10.2 Å². The molecule has 1 aromatic carbocycles. The normalized spacial score (nSPS) is 23.6. The van der Waals surface area contributed by atoms with Crippen LogP contribution in [0.5, 0.6) is 0 Å². The van der Waals surface area contributed by atoms with E-state index in [1.807, 2.05) is 6.07 Å². The third kappa shape index (κ3) is 2.94. The van der Waals surface area contributed by atoms with Crippen molar-refractivity contribution in [2.45, 2.75) is 51.0 Å². The Labute approximate surface area is 142 Å². The average molecular weight is 334 g/mol. The summed E-state index contributed by atoms with van der Waals surface area (Å²) in [6, 6.07) is 5.16. The monoisotopic (exact) mass is 333 g/mol. The van der Waals surface area contributed by atoms with Gasteiger partial charge in [0.1, 0.15) is 5.52 Å². The number of benzene rings is 1. The molecule has 23 heavy (non-hydrogen) atoms. The summed E-state index contributed by atoms with van der Waals surface area (Å²) < 4.78 is 6.25. The van der Waals surface area contributed by atoms with E-state index in [0.29, 0.717) is 12.0 Å². The third-order valence-electron chi connectivity index (χ3n) is 5.26. The lowest BCUT2D eigenvalue weighted by atomic mass is 9.84. The summed E-state index contributed by atoms with van der Waals surface area (Å²) in [5, 5.41) is 4.18. The average Bonchev–Trinajstić information content (AvgIpc) is 2.99. The van der Waals surface area contributed by atoms with Gasteiger partial charge in [-0.15, -0.1) is 0 Å². The van der Waals surface area contributed by atoms with Crippen molar-refractivity contribution >= 4 is 28.7 Å². The standard InChI is InChI=1S/C18H24ClN3O/c1-12-11-20-7-8-22(12)18-21-16-10-14(19)9-15(17(16)23-18)13-5-3-2-4-6-13/h9-10,12-13,20H,2-8,11H2,1H3/t12-/m0/s1. The van der Waals surface area contributed by atoms with E-state index in [2.05, 4.69) is 23.2 Å². The Hall–Kier alpha value is -1.26. The van der Waals surface area contributed by atoms with Crippen LogP contribution in [0.2, 0.25) is 5.02 Å². The molecule has 0 bridgehead atoms. The second-order valence-electron chi connectivity index (χ2n) is 6.92. The van der Waals surface area contributed by atoms with E-state index in [4.69, 9.17) is 21.0 Å². The van der Waals surface area contributed by atoms with E-state index in [0.717, 1.165) is 41.8 Å². The minimum atomic E-state index is 0.394. The zero-order valence-electron chi connectivity index (χ0n) is 13.6. The van der Waals surface area contributed by atoms with E-state index in [1.54, 1.807) is 0 Å². The molecule has 124 valence electrons. The van der Waals surface area contributed by atoms with Crippen molar-refractivity contribution in [2.24, 2.45) is 0 Å². The summed E-state index contributed by atoms with van der Waals surface area (Å²) >= 11 is 6.36. The molecule has 1 atom stereocenters. The lowest BCUT2D eigenvalue weighted by Crippen LogP contribution is -2.50. The molecule has 1 saturated carbocycles. The molecular weight excluding hydrogens is 310 g/mol. The van der Waals surface area contributed by atoms with Crippen molar-refractivity contribution in [1.29, 1.82) is 0 Å². The number of hydrogen-bond acceptors (Lipinski definition) is 4. The molecule has 1 saturated heterocycles.